The van der Waals surface area contributed by atoms with Gasteiger partial charge in [0, 0.05) is 11.8 Å². The number of aromatic nitrogens is 1. The average Bonchev–Trinajstić information content (AvgIpc) is 3.16. The second kappa shape index (κ2) is 6.68. The molecule has 1 aromatic carbocycles. The van der Waals surface area contributed by atoms with E-state index < -0.39 is 18.3 Å². The van der Waals surface area contributed by atoms with E-state index in [1.165, 1.54) is 18.4 Å². The molecular weight excluding hydrogens is 353 g/mol. The monoisotopic (exact) mass is 375 g/mol. The Balaban J connectivity index is 1.83. The lowest BCUT2D eigenvalue weighted by atomic mass is 9.89. The molecule has 0 aliphatic carbocycles. The third-order valence-electron chi connectivity index (χ3n) is 4.85. The first-order valence-electron chi connectivity index (χ1n) is 8.26. The molecule has 26 heavy (non-hydrogen) atoms. The molecule has 0 N–H and O–H groups in total. The Morgan fingerprint density at radius 3 is 2.27 bits per heavy atom. The molecule has 1 aromatic heterocycles. The lowest BCUT2D eigenvalue weighted by Gasteiger charge is -2.32. The van der Waals surface area contributed by atoms with Gasteiger partial charge in [-0.1, -0.05) is 0 Å². The maximum Gasteiger partial charge on any atom is 0.507 e. The summed E-state index contributed by atoms with van der Waals surface area (Å²) in [5.74, 6) is 0.890. The first-order valence-corrected chi connectivity index (χ1v) is 9.08. The van der Waals surface area contributed by atoms with E-state index in [9.17, 15) is 4.79 Å². The molecule has 1 aliphatic rings. The van der Waals surface area contributed by atoms with E-state index in [2.05, 4.69) is 4.98 Å². The molecule has 0 radical (unpaired) electrons. The number of hydrogen-bond donors (Lipinski definition) is 0. The molecule has 0 atom stereocenters. The predicted octanol–water partition coefficient (Wildman–Crippen LogP) is 2.69. The van der Waals surface area contributed by atoms with Crippen LogP contribution in [0.4, 0.5) is 0 Å². The summed E-state index contributed by atoms with van der Waals surface area (Å²) in [6, 6.07) is 5.05. The van der Waals surface area contributed by atoms with Gasteiger partial charge < -0.3 is 18.8 Å². The number of hydrogen-bond acceptors (Lipinski definition) is 7. The van der Waals surface area contributed by atoms with Gasteiger partial charge in [0.05, 0.1) is 30.2 Å². The Hall–Kier alpha value is -1.90. The van der Waals surface area contributed by atoms with E-state index in [0.29, 0.717) is 22.1 Å². The average molecular weight is 375 g/mol. The molecule has 0 bridgehead atoms. The van der Waals surface area contributed by atoms with Gasteiger partial charge in [0.15, 0.2) is 16.5 Å². The number of ether oxygens (including phenoxy) is 2. The molecule has 1 fully saturated rings. The van der Waals surface area contributed by atoms with Gasteiger partial charge in [-0.15, -0.1) is 11.3 Å². The van der Waals surface area contributed by atoms with Crippen molar-refractivity contribution in [2.24, 2.45) is 0 Å². The maximum atomic E-state index is 12.8. The summed E-state index contributed by atoms with van der Waals surface area (Å²) >= 11 is 1.28. The highest BCUT2D eigenvalue weighted by molar-refractivity contribution is 7.23. The Morgan fingerprint density at radius 2 is 1.69 bits per heavy atom. The molecule has 1 aliphatic heterocycles. The van der Waals surface area contributed by atoms with Crippen molar-refractivity contribution in [1.29, 1.82) is 0 Å². The minimum atomic E-state index is -0.524. The Labute approximate surface area is 157 Å². The Bertz CT molecular complexity index is 817. The largest absolute Gasteiger partial charge is 0.507 e. The van der Waals surface area contributed by atoms with Gasteiger partial charge in [-0.2, -0.15) is 0 Å². The fourth-order valence-electron chi connectivity index (χ4n) is 2.56. The molecule has 0 unspecified atom stereocenters. The van der Waals surface area contributed by atoms with Gasteiger partial charge in [-0.05, 0) is 45.9 Å². The van der Waals surface area contributed by atoms with Crippen molar-refractivity contribution in [2.45, 2.75) is 38.9 Å². The quantitative estimate of drug-likeness (QED) is 0.591. The number of methoxy groups -OCH3 is 2. The maximum absolute atomic E-state index is 12.8. The van der Waals surface area contributed by atoms with Crippen molar-refractivity contribution in [3.05, 3.63) is 35.0 Å². The number of benzene rings is 1. The third-order valence-corrected chi connectivity index (χ3v) is 5.87. The summed E-state index contributed by atoms with van der Waals surface area (Å²) in [5, 5.41) is 0.377. The standard InChI is InChI=1S/C18H22BNO5S/c1-17(2)18(3,4)25-19(24-17)14-10-20-16(26-14)15(21)11-7-8-12(22-5)13(9-11)23-6/h7-10H,1-6H3. The minimum absolute atomic E-state index is 0.182. The molecule has 6 nitrogen and oxygen atoms in total. The Kier molecular flexibility index (Phi) is 4.85. The highest BCUT2D eigenvalue weighted by Gasteiger charge is 2.52. The SMILES string of the molecule is COc1ccc(C(=O)c2ncc(B3OC(C)(C)C(C)(C)O3)s2)cc1OC. The highest BCUT2D eigenvalue weighted by atomic mass is 32.1. The lowest BCUT2D eigenvalue weighted by Crippen LogP contribution is -2.41. The fourth-order valence-corrected chi connectivity index (χ4v) is 3.40. The van der Waals surface area contributed by atoms with Crippen LogP contribution in [0.15, 0.2) is 24.4 Å². The molecule has 138 valence electrons. The second-order valence-corrected chi connectivity index (χ2v) is 8.12. The van der Waals surface area contributed by atoms with Crippen molar-refractivity contribution < 1.29 is 23.6 Å². The van der Waals surface area contributed by atoms with Crippen molar-refractivity contribution in [3.8, 4) is 11.5 Å². The van der Waals surface area contributed by atoms with Crippen LogP contribution in [0.25, 0.3) is 0 Å². The van der Waals surface area contributed by atoms with E-state index in [1.54, 1.807) is 31.5 Å². The zero-order valence-corrected chi connectivity index (χ0v) is 16.6. The van der Waals surface area contributed by atoms with Crippen LogP contribution in [0.5, 0.6) is 11.5 Å². The van der Waals surface area contributed by atoms with E-state index in [4.69, 9.17) is 18.8 Å². The Morgan fingerprint density at radius 1 is 1.08 bits per heavy atom. The van der Waals surface area contributed by atoms with Crippen LogP contribution in [0.1, 0.15) is 43.1 Å². The number of nitrogens with zero attached hydrogens (tertiary/aromatic N) is 1. The van der Waals surface area contributed by atoms with Gasteiger partial charge in [0.25, 0.3) is 0 Å². The van der Waals surface area contributed by atoms with Crippen LogP contribution >= 0.6 is 11.3 Å². The van der Waals surface area contributed by atoms with E-state index >= 15 is 0 Å². The van der Waals surface area contributed by atoms with Crippen molar-refractivity contribution >= 4 is 29.0 Å². The van der Waals surface area contributed by atoms with Crippen molar-refractivity contribution in [2.75, 3.05) is 14.2 Å². The zero-order valence-electron chi connectivity index (χ0n) is 15.8. The van der Waals surface area contributed by atoms with Gasteiger partial charge in [-0.3, -0.25) is 4.79 Å². The zero-order chi connectivity index (χ0) is 19.1. The summed E-state index contributed by atoms with van der Waals surface area (Å²) in [5.41, 5.74) is -0.387. The molecule has 3 rings (SSSR count). The molecule has 1 saturated heterocycles. The third kappa shape index (κ3) is 3.24. The van der Waals surface area contributed by atoms with Crippen LogP contribution in [-0.4, -0.2) is 43.3 Å². The van der Waals surface area contributed by atoms with Crippen LogP contribution in [0.2, 0.25) is 0 Å². The van der Waals surface area contributed by atoms with Crippen LogP contribution in [0, 0.1) is 0 Å². The molecule has 0 saturated carbocycles. The molecular formula is C18H22BNO5S. The van der Waals surface area contributed by atoms with E-state index in [0.717, 1.165) is 4.78 Å². The smallest absolute Gasteiger partial charge is 0.493 e. The first kappa shape index (κ1) is 18.9. The minimum Gasteiger partial charge on any atom is -0.493 e. The summed E-state index contributed by atoms with van der Waals surface area (Å²) in [6.07, 6.45) is 1.64. The molecule has 2 aromatic rings. The molecule has 0 amide bonds. The second-order valence-electron chi connectivity index (χ2n) is 7.05. The number of carbonyl (C=O) groups excluding carboxylic acids is 1. The van der Waals surface area contributed by atoms with Gasteiger partial charge in [0.1, 0.15) is 0 Å². The van der Waals surface area contributed by atoms with Gasteiger partial charge in [0.2, 0.25) is 5.78 Å². The van der Waals surface area contributed by atoms with E-state index in [1.807, 2.05) is 27.7 Å². The van der Waals surface area contributed by atoms with E-state index in [-0.39, 0.29) is 5.78 Å². The summed E-state index contributed by atoms with van der Waals surface area (Å²) in [7, 11) is 2.56. The van der Waals surface area contributed by atoms with Gasteiger partial charge >= 0.3 is 7.12 Å². The van der Waals surface area contributed by atoms with Crippen molar-refractivity contribution in [3.63, 3.8) is 0 Å². The van der Waals surface area contributed by atoms with Crippen LogP contribution in [0.3, 0.4) is 0 Å². The summed E-state index contributed by atoms with van der Waals surface area (Å²) < 4.78 is 23.3. The first-order chi connectivity index (χ1) is 12.2. The topological polar surface area (TPSA) is 66.9 Å². The number of carbonyl (C=O) groups is 1. The lowest BCUT2D eigenvalue weighted by molar-refractivity contribution is 0.00578. The highest BCUT2D eigenvalue weighted by Crippen LogP contribution is 2.37. The predicted molar refractivity (Wildman–Crippen MR) is 101 cm³/mol. The van der Waals surface area contributed by atoms with Gasteiger partial charge in [-0.25, -0.2) is 4.98 Å². The van der Waals surface area contributed by atoms with Crippen LogP contribution in [-0.2, 0) is 9.31 Å². The number of rotatable bonds is 5. The normalized spacial score (nSPS) is 18.0. The number of ketones is 1. The van der Waals surface area contributed by atoms with Crippen LogP contribution < -0.4 is 14.3 Å². The molecule has 0 spiro atoms. The molecule has 8 heteroatoms. The fraction of sp³-hybridized carbons (Fsp3) is 0.444. The summed E-state index contributed by atoms with van der Waals surface area (Å²) in [6.45, 7) is 7.96. The van der Waals surface area contributed by atoms with Crippen molar-refractivity contribution in [1.82, 2.24) is 4.98 Å². The molecule has 2 heterocycles. The number of thiazole rings is 1. The summed E-state index contributed by atoms with van der Waals surface area (Å²) in [4.78, 5) is 17.0.